The molecule has 1 aliphatic rings. The number of carbonyl (C=O) groups is 2. The van der Waals surface area contributed by atoms with E-state index in [0.717, 1.165) is 29.8 Å². The predicted octanol–water partition coefficient (Wildman–Crippen LogP) is 4.83. The molecule has 160 valence electrons. The number of nitrogens with zero attached hydrogens (tertiary/aromatic N) is 1. The lowest BCUT2D eigenvalue weighted by Gasteiger charge is -2.32. The molecule has 1 atom stereocenters. The fraction of sp³-hybridized carbons (Fsp3) is 0.440. The summed E-state index contributed by atoms with van der Waals surface area (Å²) in [6, 6.07) is 13.7. The molecule has 1 heterocycles. The van der Waals surface area contributed by atoms with Gasteiger partial charge in [-0.25, -0.2) is 0 Å². The van der Waals surface area contributed by atoms with Gasteiger partial charge in [0.1, 0.15) is 5.75 Å². The number of carbonyl (C=O) groups excluding carboxylic acids is 2. The van der Waals surface area contributed by atoms with Gasteiger partial charge in [-0.3, -0.25) is 9.59 Å². The Bertz CT molecular complexity index is 918. The van der Waals surface area contributed by atoms with Gasteiger partial charge in [-0.15, -0.1) is 0 Å². The summed E-state index contributed by atoms with van der Waals surface area (Å²) < 4.78 is 5.66. The molecule has 2 amide bonds. The van der Waals surface area contributed by atoms with Gasteiger partial charge >= 0.3 is 0 Å². The molecular formula is C25H32N2O3. The summed E-state index contributed by atoms with van der Waals surface area (Å²) in [6.45, 7) is 11.1. The molecule has 2 aromatic rings. The molecule has 0 radical (unpaired) electrons. The molecule has 0 fully saturated rings. The maximum absolute atomic E-state index is 12.7. The number of hydrogen-bond acceptors (Lipinski definition) is 3. The van der Waals surface area contributed by atoms with Crippen LogP contribution in [0.25, 0.3) is 0 Å². The van der Waals surface area contributed by atoms with E-state index < -0.39 is 0 Å². The number of ether oxygens (including phenoxy) is 1. The fourth-order valence-corrected chi connectivity index (χ4v) is 3.35. The highest BCUT2D eigenvalue weighted by Gasteiger charge is 2.28. The van der Waals surface area contributed by atoms with Crippen LogP contribution in [0.3, 0.4) is 0 Å². The molecule has 0 bridgehead atoms. The van der Waals surface area contributed by atoms with E-state index in [1.807, 2.05) is 44.2 Å². The van der Waals surface area contributed by atoms with E-state index in [1.165, 1.54) is 5.56 Å². The van der Waals surface area contributed by atoms with Crippen molar-refractivity contribution in [2.45, 2.75) is 65.5 Å². The lowest BCUT2D eigenvalue weighted by molar-refractivity contribution is -0.121. The van der Waals surface area contributed by atoms with Gasteiger partial charge in [-0.2, -0.15) is 0 Å². The zero-order valence-electron chi connectivity index (χ0n) is 18.6. The second-order valence-electron chi connectivity index (χ2n) is 8.67. The Labute approximate surface area is 179 Å². The molecule has 1 N–H and O–H groups in total. The smallest absolute Gasteiger partial charge is 0.265 e. The van der Waals surface area contributed by atoms with Crippen molar-refractivity contribution in [3.63, 3.8) is 0 Å². The third kappa shape index (κ3) is 4.66. The number of fused-ring (bicyclic) bond motifs is 1. The van der Waals surface area contributed by atoms with Crippen molar-refractivity contribution in [2.24, 2.45) is 0 Å². The van der Waals surface area contributed by atoms with Gasteiger partial charge in [-0.1, -0.05) is 45.9 Å². The van der Waals surface area contributed by atoms with Crippen LogP contribution in [0.2, 0.25) is 0 Å². The van der Waals surface area contributed by atoms with E-state index in [-0.39, 0.29) is 29.9 Å². The lowest BCUT2D eigenvalue weighted by atomic mass is 9.82. The van der Waals surface area contributed by atoms with E-state index in [1.54, 1.807) is 4.90 Å². The van der Waals surface area contributed by atoms with Crippen LogP contribution in [0.4, 0.5) is 5.69 Å². The maximum Gasteiger partial charge on any atom is 0.265 e. The van der Waals surface area contributed by atoms with Gasteiger partial charge in [0.25, 0.3) is 11.8 Å². The van der Waals surface area contributed by atoms with Crippen LogP contribution in [0, 0.1) is 0 Å². The molecular weight excluding hydrogens is 376 g/mol. The number of nitrogens with one attached hydrogen (secondary N) is 1. The largest absolute Gasteiger partial charge is 0.482 e. The minimum Gasteiger partial charge on any atom is -0.482 e. The summed E-state index contributed by atoms with van der Waals surface area (Å²) in [5.41, 5.74) is 3.61. The second-order valence-corrected chi connectivity index (χ2v) is 8.67. The Hall–Kier alpha value is -2.82. The molecule has 1 aliphatic heterocycles. The Morgan fingerprint density at radius 1 is 1.17 bits per heavy atom. The third-order valence-corrected chi connectivity index (χ3v) is 6.11. The van der Waals surface area contributed by atoms with Gasteiger partial charge in [0.05, 0.1) is 12.2 Å². The molecule has 0 aromatic heterocycles. The minimum atomic E-state index is -0.0740. The molecule has 1 unspecified atom stereocenters. The zero-order valence-corrected chi connectivity index (χ0v) is 18.6. The third-order valence-electron chi connectivity index (χ3n) is 6.11. The Morgan fingerprint density at radius 2 is 1.87 bits per heavy atom. The maximum atomic E-state index is 12.7. The number of hydrogen-bond donors (Lipinski definition) is 1. The van der Waals surface area contributed by atoms with Crippen LogP contribution >= 0.6 is 0 Å². The van der Waals surface area contributed by atoms with Gasteiger partial charge in [0.15, 0.2) is 6.61 Å². The first-order valence-corrected chi connectivity index (χ1v) is 10.7. The van der Waals surface area contributed by atoms with Gasteiger partial charge < -0.3 is 15.0 Å². The number of benzene rings is 2. The molecule has 0 saturated carbocycles. The summed E-state index contributed by atoms with van der Waals surface area (Å²) in [7, 11) is 0. The van der Waals surface area contributed by atoms with E-state index in [4.69, 9.17) is 4.74 Å². The van der Waals surface area contributed by atoms with Crippen molar-refractivity contribution >= 4 is 17.5 Å². The fourth-order valence-electron chi connectivity index (χ4n) is 3.35. The Morgan fingerprint density at radius 3 is 2.50 bits per heavy atom. The number of amides is 2. The van der Waals surface area contributed by atoms with Gasteiger partial charge in [-0.05, 0) is 60.6 Å². The van der Waals surface area contributed by atoms with Crippen LogP contribution in [0.15, 0.2) is 42.5 Å². The van der Waals surface area contributed by atoms with Crippen molar-refractivity contribution in [3.8, 4) is 5.75 Å². The number of rotatable bonds is 7. The average Bonchev–Trinajstić information content (AvgIpc) is 2.75. The van der Waals surface area contributed by atoms with Gasteiger partial charge in [0, 0.05) is 11.6 Å². The Kier molecular flexibility index (Phi) is 6.49. The molecule has 0 spiro atoms. The van der Waals surface area contributed by atoms with Crippen LogP contribution in [-0.4, -0.2) is 24.5 Å². The van der Waals surface area contributed by atoms with Crippen LogP contribution in [0.1, 0.15) is 68.9 Å². The van der Waals surface area contributed by atoms with E-state index in [0.29, 0.717) is 12.1 Å². The predicted molar refractivity (Wildman–Crippen MR) is 120 cm³/mol. The SMILES string of the molecule is CCC(C)NC(=O)c1ccc(CN2C(=O)COc3ccc(C(C)(C)CC)cc32)cc1. The molecule has 0 aliphatic carbocycles. The first-order valence-electron chi connectivity index (χ1n) is 10.7. The second kappa shape index (κ2) is 8.90. The number of anilines is 1. The van der Waals surface area contributed by atoms with Crippen molar-refractivity contribution in [3.05, 3.63) is 59.2 Å². The molecule has 3 rings (SSSR count). The molecule has 2 aromatic carbocycles. The highest BCUT2D eigenvalue weighted by atomic mass is 16.5. The van der Waals surface area contributed by atoms with E-state index in [9.17, 15) is 9.59 Å². The van der Waals surface area contributed by atoms with Crippen LogP contribution in [-0.2, 0) is 16.8 Å². The van der Waals surface area contributed by atoms with Crippen molar-refractivity contribution in [1.29, 1.82) is 0 Å². The monoisotopic (exact) mass is 408 g/mol. The highest BCUT2D eigenvalue weighted by Crippen LogP contribution is 2.38. The topological polar surface area (TPSA) is 58.6 Å². The highest BCUT2D eigenvalue weighted by molar-refractivity contribution is 5.98. The summed E-state index contributed by atoms with van der Waals surface area (Å²) in [4.78, 5) is 26.7. The van der Waals surface area contributed by atoms with Crippen molar-refractivity contribution in [2.75, 3.05) is 11.5 Å². The van der Waals surface area contributed by atoms with Crippen LogP contribution < -0.4 is 15.0 Å². The van der Waals surface area contributed by atoms with Crippen molar-refractivity contribution < 1.29 is 14.3 Å². The Balaban J connectivity index is 1.83. The quantitative estimate of drug-likeness (QED) is 0.714. The minimum absolute atomic E-state index is 0.0197. The molecule has 5 heteroatoms. The molecule has 0 saturated heterocycles. The average molecular weight is 409 g/mol. The van der Waals surface area contributed by atoms with Crippen molar-refractivity contribution in [1.82, 2.24) is 5.32 Å². The first kappa shape index (κ1) is 21.9. The first-order chi connectivity index (χ1) is 14.2. The van der Waals surface area contributed by atoms with E-state index in [2.05, 4.69) is 38.2 Å². The molecule has 5 nitrogen and oxygen atoms in total. The summed E-state index contributed by atoms with van der Waals surface area (Å²) in [6.07, 6.45) is 1.89. The lowest BCUT2D eigenvalue weighted by Crippen LogP contribution is -2.38. The molecule has 30 heavy (non-hydrogen) atoms. The van der Waals surface area contributed by atoms with Gasteiger partial charge in [0.2, 0.25) is 0 Å². The summed E-state index contributed by atoms with van der Waals surface area (Å²) >= 11 is 0. The standard InChI is InChI=1S/C25H32N2O3/c1-6-17(3)26-24(29)19-10-8-18(9-11-19)15-27-21-14-20(25(4,5)7-2)12-13-22(21)30-16-23(27)28/h8-14,17H,6-7,15-16H2,1-5H3,(H,26,29). The summed E-state index contributed by atoms with van der Waals surface area (Å²) in [5, 5.41) is 2.97. The zero-order chi connectivity index (χ0) is 21.9. The van der Waals surface area contributed by atoms with Crippen LogP contribution in [0.5, 0.6) is 5.75 Å². The normalized spacial score (nSPS) is 14.7. The van der Waals surface area contributed by atoms with E-state index >= 15 is 0 Å². The summed E-state index contributed by atoms with van der Waals surface area (Å²) in [5.74, 6) is 0.595.